The molecule has 1 unspecified atom stereocenters. The molecule has 1 heteroatoms. The largest absolute Gasteiger partial charge is 0.324 e. The Morgan fingerprint density at radius 1 is 0.750 bits per heavy atom. The third-order valence-corrected chi connectivity index (χ3v) is 4.10. The van der Waals surface area contributed by atoms with E-state index in [9.17, 15) is 0 Å². The smallest absolute Gasteiger partial charge is 0.0294 e. The number of hydrogen-bond acceptors (Lipinski definition) is 1. The Kier molecular flexibility index (Phi) is 10.3. The van der Waals surface area contributed by atoms with E-state index in [1.807, 2.05) is 0 Å². The third-order valence-electron chi connectivity index (χ3n) is 4.10. The fourth-order valence-corrected chi connectivity index (χ4v) is 2.72. The fourth-order valence-electron chi connectivity index (χ4n) is 2.72. The van der Waals surface area contributed by atoms with Gasteiger partial charge in [-0.05, 0) is 12.0 Å². The molecule has 0 radical (unpaired) electrons. The summed E-state index contributed by atoms with van der Waals surface area (Å²) in [6.45, 7) is 2.28. The van der Waals surface area contributed by atoms with Crippen molar-refractivity contribution in [1.29, 1.82) is 0 Å². The van der Waals surface area contributed by atoms with E-state index >= 15 is 0 Å². The first-order valence-corrected chi connectivity index (χ1v) is 8.65. The van der Waals surface area contributed by atoms with Gasteiger partial charge in [-0.15, -0.1) is 0 Å². The summed E-state index contributed by atoms with van der Waals surface area (Å²) in [6.07, 6.45) is 15.0. The van der Waals surface area contributed by atoms with Gasteiger partial charge >= 0.3 is 0 Å². The molecule has 0 aliphatic heterocycles. The van der Waals surface area contributed by atoms with Crippen molar-refractivity contribution in [2.45, 2.75) is 83.6 Å². The van der Waals surface area contributed by atoms with E-state index in [0.29, 0.717) is 0 Å². The van der Waals surface area contributed by atoms with Crippen molar-refractivity contribution in [2.75, 3.05) is 0 Å². The minimum Gasteiger partial charge on any atom is -0.324 e. The second-order valence-electron chi connectivity index (χ2n) is 5.99. The van der Waals surface area contributed by atoms with E-state index in [4.69, 9.17) is 5.73 Å². The summed E-state index contributed by atoms with van der Waals surface area (Å²) in [5, 5.41) is 0. The standard InChI is InChI=1S/C19H33N/c1-2-3-4-5-6-7-8-9-10-14-17-19(20)18-15-12-11-13-16-18/h11-13,15-16,19H,2-10,14,17,20H2,1H3. The highest BCUT2D eigenvalue weighted by molar-refractivity contribution is 5.18. The Morgan fingerprint density at radius 3 is 1.80 bits per heavy atom. The molecular weight excluding hydrogens is 242 g/mol. The Morgan fingerprint density at radius 2 is 1.25 bits per heavy atom. The molecule has 0 fully saturated rings. The summed E-state index contributed by atoms with van der Waals surface area (Å²) in [6, 6.07) is 10.7. The summed E-state index contributed by atoms with van der Waals surface area (Å²) >= 11 is 0. The molecule has 0 amide bonds. The molecule has 0 bridgehead atoms. The zero-order chi connectivity index (χ0) is 14.5. The summed E-state index contributed by atoms with van der Waals surface area (Å²) in [7, 11) is 0. The van der Waals surface area contributed by atoms with Crippen molar-refractivity contribution >= 4 is 0 Å². The van der Waals surface area contributed by atoms with Crippen molar-refractivity contribution in [3.05, 3.63) is 35.9 Å². The lowest BCUT2D eigenvalue weighted by Gasteiger charge is -2.11. The fraction of sp³-hybridized carbons (Fsp3) is 0.684. The average molecular weight is 275 g/mol. The lowest BCUT2D eigenvalue weighted by atomic mass is 10.00. The number of unbranched alkanes of at least 4 members (excludes halogenated alkanes) is 9. The number of hydrogen-bond donors (Lipinski definition) is 1. The van der Waals surface area contributed by atoms with Gasteiger partial charge in [-0.2, -0.15) is 0 Å². The van der Waals surface area contributed by atoms with Crippen LogP contribution >= 0.6 is 0 Å². The van der Waals surface area contributed by atoms with Gasteiger partial charge in [0.1, 0.15) is 0 Å². The van der Waals surface area contributed by atoms with E-state index in [0.717, 1.165) is 6.42 Å². The topological polar surface area (TPSA) is 26.0 Å². The van der Waals surface area contributed by atoms with Gasteiger partial charge in [-0.3, -0.25) is 0 Å². The second kappa shape index (κ2) is 12.0. The minimum atomic E-state index is 0.227. The third kappa shape index (κ3) is 8.37. The maximum absolute atomic E-state index is 6.20. The van der Waals surface area contributed by atoms with Gasteiger partial charge in [-0.1, -0.05) is 101 Å². The normalized spacial score (nSPS) is 12.5. The molecule has 0 heterocycles. The van der Waals surface area contributed by atoms with Crippen LogP contribution in [0, 0.1) is 0 Å². The molecule has 0 aliphatic rings. The van der Waals surface area contributed by atoms with Gasteiger partial charge in [0, 0.05) is 6.04 Å². The van der Waals surface area contributed by atoms with E-state index in [1.165, 1.54) is 69.8 Å². The van der Waals surface area contributed by atoms with Crippen LogP contribution < -0.4 is 5.73 Å². The molecule has 1 nitrogen and oxygen atoms in total. The molecule has 1 rings (SSSR count). The molecule has 20 heavy (non-hydrogen) atoms. The van der Waals surface area contributed by atoms with Crippen molar-refractivity contribution in [1.82, 2.24) is 0 Å². The molecule has 0 saturated carbocycles. The maximum Gasteiger partial charge on any atom is 0.0294 e. The first kappa shape index (κ1) is 17.2. The zero-order valence-corrected chi connectivity index (χ0v) is 13.3. The van der Waals surface area contributed by atoms with E-state index in [2.05, 4.69) is 37.3 Å². The number of rotatable bonds is 12. The maximum atomic E-state index is 6.20. The van der Waals surface area contributed by atoms with Crippen LogP contribution in [0.15, 0.2) is 30.3 Å². The van der Waals surface area contributed by atoms with Crippen LogP contribution in [0.4, 0.5) is 0 Å². The van der Waals surface area contributed by atoms with Crippen molar-refractivity contribution < 1.29 is 0 Å². The number of nitrogens with two attached hydrogens (primary N) is 1. The van der Waals surface area contributed by atoms with E-state index in [1.54, 1.807) is 0 Å². The van der Waals surface area contributed by atoms with Crippen molar-refractivity contribution in [3.8, 4) is 0 Å². The van der Waals surface area contributed by atoms with Crippen LogP contribution in [0.1, 0.15) is 89.2 Å². The van der Waals surface area contributed by atoms with Gasteiger partial charge in [0.15, 0.2) is 0 Å². The molecule has 114 valence electrons. The van der Waals surface area contributed by atoms with Gasteiger partial charge in [0.25, 0.3) is 0 Å². The van der Waals surface area contributed by atoms with Gasteiger partial charge in [0.05, 0.1) is 0 Å². The summed E-state index contributed by atoms with van der Waals surface area (Å²) in [4.78, 5) is 0. The van der Waals surface area contributed by atoms with E-state index in [-0.39, 0.29) is 6.04 Å². The van der Waals surface area contributed by atoms with E-state index < -0.39 is 0 Å². The van der Waals surface area contributed by atoms with Crippen LogP contribution in [0.3, 0.4) is 0 Å². The van der Waals surface area contributed by atoms with Crippen molar-refractivity contribution in [2.24, 2.45) is 5.73 Å². The predicted molar refractivity (Wildman–Crippen MR) is 89.8 cm³/mol. The first-order valence-electron chi connectivity index (χ1n) is 8.65. The summed E-state index contributed by atoms with van der Waals surface area (Å²) < 4.78 is 0. The lowest BCUT2D eigenvalue weighted by Crippen LogP contribution is -2.09. The number of benzene rings is 1. The van der Waals surface area contributed by atoms with Crippen LogP contribution in [-0.2, 0) is 0 Å². The predicted octanol–water partition coefficient (Wildman–Crippen LogP) is 6.00. The Bertz CT molecular complexity index is 307. The van der Waals surface area contributed by atoms with Gasteiger partial charge in [0.2, 0.25) is 0 Å². The van der Waals surface area contributed by atoms with Crippen LogP contribution in [-0.4, -0.2) is 0 Å². The highest BCUT2D eigenvalue weighted by Gasteiger charge is 2.04. The van der Waals surface area contributed by atoms with Gasteiger partial charge in [-0.25, -0.2) is 0 Å². The molecule has 1 aromatic carbocycles. The molecule has 0 aliphatic carbocycles. The molecule has 2 N–H and O–H groups in total. The first-order chi connectivity index (χ1) is 9.84. The highest BCUT2D eigenvalue weighted by Crippen LogP contribution is 2.18. The second-order valence-corrected chi connectivity index (χ2v) is 5.99. The summed E-state index contributed by atoms with van der Waals surface area (Å²) in [5.41, 5.74) is 7.48. The Labute approximate surface area is 126 Å². The molecule has 0 aromatic heterocycles. The summed E-state index contributed by atoms with van der Waals surface area (Å²) in [5.74, 6) is 0. The molecular formula is C19H33N. The van der Waals surface area contributed by atoms with Crippen LogP contribution in [0.5, 0.6) is 0 Å². The van der Waals surface area contributed by atoms with Crippen LogP contribution in [0.25, 0.3) is 0 Å². The SMILES string of the molecule is CCCCCCCCCCCCC(N)c1ccccc1. The molecule has 1 aromatic rings. The van der Waals surface area contributed by atoms with Crippen molar-refractivity contribution in [3.63, 3.8) is 0 Å². The Hall–Kier alpha value is -0.820. The Balaban J connectivity index is 1.90. The lowest BCUT2D eigenvalue weighted by molar-refractivity contribution is 0.529. The molecule has 1 atom stereocenters. The highest BCUT2D eigenvalue weighted by atomic mass is 14.6. The minimum absolute atomic E-state index is 0.227. The van der Waals surface area contributed by atoms with Crippen LogP contribution in [0.2, 0.25) is 0 Å². The van der Waals surface area contributed by atoms with Gasteiger partial charge < -0.3 is 5.73 Å². The monoisotopic (exact) mass is 275 g/mol. The molecule has 0 saturated heterocycles. The zero-order valence-electron chi connectivity index (χ0n) is 13.3. The molecule has 0 spiro atoms. The quantitative estimate of drug-likeness (QED) is 0.465. The average Bonchev–Trinajstić information content (AvgIpc) is 2.50.